The topological polar surface area (TPSA) is 87.7 Å². The molecule has 9 heteroatoms. The second kappa shape index (κ2) is 6.20. The SMILES string of the molecule is O=C(NCC(F)(F)F)C(=O)NCC1(O)CCOCC1. The first-order valence-electron chi connectivity index (χ1n) is 5.65. The third-order valence-electron chi connectivity index (χ3n) is 2.66. The largest absolute Gasteiger partial charge is 0.405 e. The quantitative estimate of drug-likeness (QED) is 0.599. The van der Waals surface area contributed by atoms with Crippen molar-refractivity contribution in [3.05, 3.63) is 0 Å². The summed E-state index contributed by atoms with van der Waals surface area (Å²) in [7, 11) is 0. The first-order chi connectivity index (χ1) is 8.72. The molecule has 19 heavy (non-hydrogen) atoms. The maximum absolute atomic E-state index is 11.8. The fourth-order valence-corrected chi connectivity index (χ4v) is 1.51. The van der Waals surface area contributed by atoms with Gasteiger partial charge in [-0.05, 0) is 0 Å². The zero-order valence-corrected chi connectivity index (χ0v) is 10.0. The average molecular weight is 284 g/mol. The molecule has 1 rings (SSSR count). The van der Waals surface area contributed by atoms with Crippen LogP contribution >= 0.6 is 0 Å². The number of ether oxygens (including phenoxy) is 1. The minimum atomic E-state index is -4.57. The summed E-state index contributed by atoms with van der Waals surface area (Å²) in [6.45, 7) is -1.12. The Kier molecular flexibility index (Phi) is 5.12. The van der Waals surface area contributed by atoms with Gasteiger partial charge in [0, 0.05) is 32.6 Å². The first kappa shape index (κ1) is 15.7. The smallest absolute Gasteiger partial charge is 0.388 e. The highest BCUT2D eigenvalue weighted by molar-refractivity contribution is 6.35. The molecule has 3 N–H and O–H groups in total. The molecule has 1 saturated heterocycles. The molecule has 0 radical (unpaired) electrons. The van der Waals surface area contributed by atoms with Crippen molar-refractivity contribution in [3.8, 4) is 0 Å². The summed E-state index contributed by atoms with van der Waals surface area (Å²) in [6, 6.07) is 0. The number of carbonyl (C=O) groups is 2. The van der Waals surface area contributed by atoms with E-state index in [1.54, 1.807) is 0 Å². The normalized spacial score (nSPS) is 18.7. The van der Waals surface area contributed by atoms with Gasteiger partial charge in [0.2, 0.25) is 0 Å². The highest BCUT2D eigenvalue weighted by atomic mass is 19.4. The van der Waals surface area contributed by atoms with Gasteiger partial charge >= 0.3 is 18.0 Å². The van der Waals surface area contributed by atoms with Crippen molar-refractivity contribution in [3.63, 3.8) is 0 Å². The third kappa shape index (κ3) is 5.88. The van der Waals surface area contributed by atoms with Crippen LogP contribution in [0.5, 0.6) is 0 Å². The molecule has 0 aliphatic carbocycles. The highest BCUT2D eigenvalue weighted by Crippen LogP contribution is 2.19. The molecule has 0 atom stereocenters. The van der Waals surface area contributed by atoms with Gasteiger partial charge in [0.05, 0.1) is 5.60 Å². The Balaban J connectivity index is 2.32. The van der Waals surface area contributed by atoms with Crippen LogP contribution in [0.4, 0.5) is 13.2 Å². The number of carbonyl (C=O) groups excluding carboxylic acids is 2. The van der Waals surface area contributed by atoms with Crippen LogP contribution in [0.1, 0.15) is 12.8 Å². The summed E-state index contributed by atoms with van der Waals surface area (Å²) >= 11 is 0. The van der Waals surface area contributed by atoms with Gasteiger partial charge in [0.25, 0.3) is 0 Å². The van der Waals surface area contributed by atoms with E-state index in [2.05, 4.69) is 5.32 Å². The maximum Gasteiger partial charge on any atom is 0.405 e. The molecule has 0 aromatic heterocycles. The van der Waals surface area contributed by atoms with Crippen LogP contribution in [-0.4, -0.2) is 55.0 Å². The summed E-state index contributed by atoms with van der Waals surface area (Å²) < 4.78 is 40.5. The summed E-state index contributed by atoms with van der Waals surface area (Å²) in [5.74, 6) is -2.59. The minimum Gasteiger partial charge on any atom is -0.388 e. The van der Waals surface area contributed by atoms with Gasteiger partial charge < -0.3 is 20.5 Å². The highest BCUT2D eigenvalue weighted by Gasteiger charge is 2.32. The van der Waals surface area contributed by atoms with E-state index in [1.807, 2.05) is 0 Å². The number of hydrogen-bond acceptors (Lipinski definition) is 4. The van der Waals surface area contributed by atoms with Gasteiger partial charge in [-0.3, -0.25) is 9.59 Å². The molecule has 0 aromatic carbocycles. The lowest BCUT2D eigenvalue weighted by Gasteiger charge is -2.31. The predicted octanol–water partition coefficient (Wildman–Crippen LogP) is -0.677. The van der Waals surface area contributed by atoms with Crippen LogP contribution < -0.4 is 10.6 Å². The van der Waals surface area contributed by atoms with Crippen molar-refractivity contribution in [1.82, 2.24) is 10.6 Å². The Hall–Kier alpha value is -1.35. The van der Waals surface area contributed by atoms with Crippen molar-refractivity contribution < 1.29 is 32.6 Å². The molecule has 0 unspecified atom stereocenters. The van der Waals surface area contributed by atoms with E-state index in [0.717, 1.165) is 0 Å². The first-order valence-corrected chi connectivity index (χ1v) is 5.65. The van der Waals surface area contributed by atoms with Crippen LogP contribution in [0.15, 0.2) is 0 Å². The molecule has 0 bridgehead atoms. The van der Waals surface area contributed by atoms with Crippen LogP contribution in [0.2, 0.25) is 0 Å². The lowest BCUT2D eigenvalue weighted by molar-refractivity contribution is -0.147. The second-order valence-corrected chi connectivity index (χ2v) is 4.32. The Morgan fingerprint density at radius 2 is 1.68 bits per heavy atom. The van der Waals surface area contributed by atoms with Crippen molar-refractivity contribution in [2.24, 2.45) is 0 Å². The van der Waals surface area contributed by atoms with Gasteiger partial charge in [-0.2, -0.15) is 13.2 Å². The molecule has 1 heterocycles. The Bertz CT molecular complexity index is 340. The number of nitrogens with one attached hydrogen (secondary N) is 2. The van der Waals surface area contributed by atoms with Crippen LogP contribution in [0.3, 0.4) is 0 Å². The molecule has 0 aromatic rings. The molecular formula is C10H15F3N2O4. The summed E-state index contributed by atoms with van der Waals surface area (Å²) in [6.07, 6.45) is -4.00. The monoisotopic (exact) mass is 284 g/mol. The standard InChI is InChI=1S/C10H15F3N2O4/c11-10(12,13)6-15-8(17)7(16)14-5-9(18)1-3-19-4-2-9/h18H,1-6H2,(H,14,16)(H,15,17). The van der Waals surface area contributed by atoms with Crippen molar-refractivity contribution >= 4 is 11.8 Å². The molecule has 110 valence electrons. The fraction of sp³-hybridized carbons (Fsp3) is 0.800. The minimum absolute atomic E-state index is 0.200. The zero-order valence-electron chi connectivity index (χ0n) is 10.0. The predicted molar refractivity (Wildman–Crippen MR) is 57.1 cm³/mol. The summed E-state index contributed by atoms with van der Waals surface area (Å²) in [5, 5.41) is 13.5. The van der Waals surface area contributed by atoms with Crippen LogP contribution in [-0.2, 0) is 14.3 Å². The van der Waals surface area contributed by atoms with E-state index in [1.165, 1.54) is 5.32 Å². The Morgan fingerprint density at radius 1 is 1.16 bits per heavy atom. The summed E-state index contributed by atoms with van der Waals surface area (Å²) in [5.41, 5.74) is -1.18. The third-order valence-corrected chi connectivity index (χ3v) is 2.66. The fourth-order valence-electron chi connectivity index (χ4n) is 1.51. The number of aliphatic hydroxyl groups is 1. The number of hydrogen-bond donors (Lipinski definition) is 3. The van der Waals surface area contributed by atoms with Gasteiger partial charge in [-0.25, -0.2) is 0 Å². The van der Waals surface area contributed by atoms with Gasteiger partial charge in [-0.15, -0.1) is 0 Å². The van der Waals surface area contributed by atoms with Crippen LogP contribution in [0.25, 0.3) is 0 Å². The Labute approximate surface area is 107 Å². The number of amides is 2. The molecule has 1 aliphatic rings. The van der Waals surface area contributed by atoms with Gasteiger partial charge in [-0.1, -0.05) is 0 Å². The van der Waals surface area contributed by atoms with E-state index in [9.17, 15) is 27.9 Å². The molecule has 0 saturated carbocycles. The van der Waals surface area contributed by atoms with Crippen molar-refractivity contribution in [2.45, 2.75) is 24.6 Å². The maximum atomic E-state index is 11.8. The van der Waals surface area contributed by atoms with Gasteiger partial charge in [0.15, 0.2) is 0 Å². The van der Waals surface area contributed by atoms with Crippen molar-refractivity contribution in [2.75, 3.05) is 26.3 Å². The molecule has 6 nitrogen and oxygen atoms in total. The average Bonchev–Trinajstić information content (AvgIpc) is 2.33. The zero-order chi connectivity index (χ0) is 14.5. The van der Waals surface area contributed by atoms with E-state index in [0.29, 0.717) is 13.2 Å². The lowest BCUT2D eigenvalue weighted by Crippen LogP contribution is -2.50. The summed E-state index contributed by atoms with van der Waals surface area (Å²) in [4.78, 5) is 22.2. The molecule has 1 aliphatic heterocycles. The van der Waals surface area contributed by atoms with Gasteiger partial charge in [0.1, 0.15) is 6.54 Å². The number of rotatable bonds is 3. The van der Waals surface area contributed by atoms with E-state index in [-0.39, 0.29) is 19.4 Å². The lowest BCUT2D eigenvalue weighted by atomic mass is 9.94. The number of alkyl halides is 3. The molecule has 1 fully saturated rings. The van der Waals surface area contributed by atoms with Crippen molar-refractivity contribution in [1.29, 1.82) is 0 Å². The van der Waals surface area contributed by atoms with E-state index in [4.69, 9.17) is 4.74 Å². The van der Waals surface area contributed by atoms with E-state index >= 15 is 0 Å². The van der Waals surface area contributed by atoms with E-state index < -0.39 is 30.1 Å². The molecule has 2 amide bonds. The second-order valence-electron chi connectivity index (χ2n) is 4.32. The van der Waals surface area contributed by atoms with Crippen LogP contribution in [0, 0.1) is 0 Å². The Morgan fingerprint density at radius 3 is 2.21 bits per heavy atom. The number of halogens is 3. The molecular weight excluding hydrogens is 269 g/mol. The molecule has 0 spiro atoms.